The van der Waals surface area contributed by atoms with Crippen LogP contribution in [0.5, 0.6) is 0 Å². The van der Waals surface area contributed by atoms with Gasteiger partial charge in [0.1, 0.15) is 0 Å². The molecular formula is C11H13N3O2. The van der Waals surface area contributed by atoms with Gasteiger partial charge in [-0.25, -0.2) is 14.3 Å². The minimum absolute atomic E-state index is 0.0308. The van der Waals surface area contributed by atoms with Crippen LogP contribution >= 0.6 is 0 Å². The van der Waals surface area contributed by atoms with Crippen LogP contribution in [0.25, 0.3) is 5.65 Å². The van der Waals surface area contributed by atoms with Crippen molar-refractivity contribution in [2.75, 3.05) is 0 Å². The lowest BCUT2D eigenvalue weighted by Crippen LogP contribution is -2.05. The van der Waals surface area contributed by atoms with Crippen molar-refractivity contribution in [1.29, 1.82) is 0 Å². The van der Waals surface area contributed by atoms with Crippen molar-refractivity contribution in [3.63, 3.8) is 0 Å². The zero-order chi connectivity index (χ0) is 11.9. The van der Waals surface area contributed by atoms with Gasteiger partial charge in [0.2, 0.25) is 0 Å². The van der Waals surface area contributed by atoms with Crippen molar-refractivity contribution in [1.82, 2.24) is 14.6 Å². The first-order chi connectivity index (χ1) is 7.54. The Balaban J connectivity index is 2.78. The molecule has 0 aliphatic rings. The molecule has 0 bridgehead atoms. The van der Waals surface area contributed by atoms with Gasteiger partial charge in [-0.15, -0.1) is 0 Å². The van der Waals surface area contributed by atoms with Crippen LogP contribution in [0.4, 0.5) is 0 Å². The maximum atomic E-state index is 10.8. The summed E-state index contributed by atoms with van der Waals surface area (Å²) in [5, 5.41) is 12.9. The predicted octanol–water partition coefficient (Wildman–Crippen LogP) is 1.61. The highest BCUT2D eigenvalue weighted by Gasteiger charge is 2.13. The van der Waals surface area contributed by atoms with Crippen LogP contribution in [0.1, 0.15) is 34.4 Å². The standard InChI is InChI=1S/C11H13N3O2/c1-4-8-6(2)12-10-5-9(11(15)16)13-14(10)7(8)3/h5H,4H2,1-3H3,(H,15,16). The summed E-state index contributed by atoms with van der Waals surface area (Å²) in [6, 6.07) is 1.49. The molecule has 1 N–H and O–H groups in total. The summed E-state index contributed by atoms with van der Waals surface area (Å²) < 4.78 is 1.59. The third-order valence-corrected chi connectivity index (χ3v) is 2.74. The van der Waals surface area contributed by atoms with Crippen LogP contribution in [0, 0.1) is 13.8 Å². The largest absolute Gasteiger partial charge is 0.476 e. The second-order valence-corrected chi connectivity index (χ2v) is 3.72. The maximum absolute atomic E-state index is 10.8. The minimum atomic E-state index is -1.03. The van der Waals surface area contributed by atoms with Gasteiger partial charge in [0.15, 0.2) is 11.3 Å². The molecule has 2 rings (SSSR count). The van der Waals surface area contributed by atoms with Gasteiger partial charge < -0.3 is 5.11 Å². The van der Waals surface area contributed by atoms with Gasteiger partial charge in [-0.2, -0.15) is 5.10 Å². The van der Waals surface area contributed by atoms with E-state index in [-0.39, 0.29) is 5.69 Å². The summed E-state index contributed by atoms with van der Waals surface area (Å²) in [4.78, 5) is 15.2. The number of hydrogen-bond acceptors (Lipinski definition) is 3. The fourth-order valence-electron chi connectivity index (χ4n) is 1.94. The normalized spacial score (nSPS) is 10.9. The molecule has 0 amide bonds. The van der Waals surface area contributed by atoms with Crippen LogP contribution in [-0.4, -0.2) is 25.7 Å². The fraction of sp³-hybridized carbons (Fsp3) is 0.364. The van der Waals surface area contributed by atoms with Gasteiger partial charge in [-0.05, 0) is 25.8 Å². The van der Waals surface area contributed by atoms with Crippen LogP contribution in [-0.2, 0) is 6.42 Å². The lowest BCUT2D eigenvalue weighted by Gasteiger charge is -2.08. The average Bonchev–Trinajstić information content (AvgIpc) is 2.62. The monoisotopic (exact) mass is 219 g/mol. The highest BCUT2D eigenvalue weighted by Crippen LogP contribution is 2.15. The van der Waals surface area contributed by atoms with E-state index in [1.807, 2.05) is 20.8 Å². The summed E-state index contributed by atoms with van der Waals surface area (Å²) in [5.74, 6) is -1.03. The zero-order valence-corrected chi connectivity index (χ0v) is 9.48. The van der Waals surface area contributed by atoms with E-state index in [0.29, 0.717) is 5.65 Å². The number of carboxylic acids is 1. The molecule has 0 saturated heterocycles. The smallest absolute Gasteiger partial charge is 0.356 e. The molecule has 0 spiro atoms. The van der Waals surface area contributed by atoms with Gasteiger partial charge in [0.05, 0.1) is 0 Å². The maximum Gasteiger partial charge on any atom is 0.356 e. The Morgan fingerprint density at radius 2 is 2.19 bits per heavy atom. The third kappa shape index (κ3) is 1.44. The summed E-state index contributed by atoms with van der Waals surface area (Å²) in [7, 11) is 0. The highest BCUT2D eigenvalue weighted by molar-refractivity contribution is 5.86. The Hall–Kier alpha value is -1.91. The minimum Gasteiger partial charge on any atom is -0.476 e. The molecule has 0 aliphatic carbocycles. The third-order valence-electron chi connectivity index (χ3n) is 2.74. The topological polar surface area (TPSA) is 67.5 Å². The van der Waals surface area contributed by atoms with E-state index in [1.165, 1.54) is 6.07 Å². The van der Waals surface area contributed by atoms with Crippen LogP contribution in [0.15, 0.2) is 6.07 Å². The number of aromatic carboxylic acids is 1. The van der Waals surface area contributed by atoms with Gasteiger partial charge in [0.25, 0.3) is 0 Å². The SMILES string of the molecule is CCc1c(C)nc2cc(C(=O)O)nn2c1C. The molecule has 5 heteroatoms. The highest BCUT2D eigenvalue weighted by atomic mass is 16.4. The van der Waals surface area contributed by atoms with Crippen molar-refractivity contribution < 1.29 is 9.90 Å². The van der Waals surface area contributed by atoms with Crippen LogP contribution in [0.3, 0.4) is 0 Å². The van der Waals surface area contributed by atoms with E-state index in [9.17, 15) is 4.79 Å². The summed E-state index contributed by atoms with van der Waals surface area (Å²) in [6.45, 7) is 5.91. The quantitative estimate of drug-likeness (QED) is 0.833. The molecule has 0 radical (unpaired) electrons. The van der Waals surface area contributed by atoms with Gasteiger partial charge in [0, 0.05) is 17.5 Å². The number of fused-ring (bicyclic) bond motifs is 1. The first-order valence-electron chi connectivity index (χ1n) is 5.13. The Kier molecular flexibility index (Phi) is 2.38. The molecule has 5 nitrogen and oxygen atoms in total. The number of aromatic nitrogens is 3. The van der Waals surface area contributed by atoms with E-state index in [4.69, 9.17) is 5.11 Å². The molecule has 0 atom stereocenters. The molecule has 16 heavy (non-hydrogen) atoms. The van der Waals surface area contributed by atoms with Gasteiger partial charge in [-0.1, -0.05) is 6.92 Å². The van der Waals surface area contributed by atoms with E-state index in [1.54, 1.807) is 4.52 Å². The average molecular weight is 219 g/mol. The summed E-state index contributed by atoms with van der Waals surface area (Å²) >= 11 is 0. The first-order valence-corrected chi connectivity index (χ1v) is 5.13. The van der Waals surface area contributed by atoms with Crippen molar-refractivity contribution in [2.24, 2.45) is 0 Å². The van der Waals surface area contributed by atoms with E-state index >= 15 is 0 Å². The molecule has 2 aromatic heterocycles. The van der Waals surface area contributed by atoms with Crippen molar-refractivity contribution in [3.05, 3.63) is 28.7 Å². The lowest BCUT2D eigenvalue weighted by molar-refractivity contribution is 0.0690. The molecule has 84 valence electrons. The molecule has 0 saturated carbocycles. The molecule has 0 fully saturated rings. The van der Waals surface area contributed by atoms with Crippen molar-refractivity contribution in [2.45, 2.75) is 27.2 Å². The van der Waals surface area contributed by atoms with Crippen molar-refractivity contribution >= 4 is 11.6 Å². The number of nitrogens with zero attached hydrogens (tertiary/aromatic N) is 3. The summed E-state index contributed by atoms with van der Waals surface area (Å²) in [6.07, 6.45) is 0.864. The number of rotatable bonds is 2. The molecule has 2 heterocycles. The second kappa shape index (κ2) is 3.59. The van der Waals surface area contributed by atoms with E-state index in [0.717, 1.165) is 23.4 Å². The van der Waals surface area contributed by atoms with Gasteiger partial charge in [-0.3, -0.25) is 0 Å². The van der Waals surface area contributed by atoms with E-state index < -0.39 is 5.97 Å². The van der Waals surface area contributed by atoms with Crippen LogP contribution < -0.4 is 0 Å². The van der Waals surface area contributed by atoms with Crippen molar-refractivity contribution in [3.8, 4) is 0 Å². The molecule has 2 aromatic rings. The molecule has 0 aromatic carbocycles. The summed E-state index contributed by atoms with van der Waals surface area (Å²) in [5.41, 5.74) is 3.63. The van der Waals surface area contributed by atoms with Crippen LogP contribution in [0.2, 0.25) is 0 Å². The lowest BCUT2D eigenvalue weighted by atomic mass is 10.1. The Bertz CT molecular complexity index is 572. The first kappa shape index (κ1) is 10.6. The molecule has 0 unspecified atom stereocenters. The van der Waals surface area contributed by atoms with E-state index in [2.05, 4.69) is 10.1 Å². The molecule has 0 aliphatic heterocycles. The number of hydrogen-bond donors (Lipinski definition) is 1. The molecular weight excluding hydrogens is 206 g/mol. The predicted molar refractivity (Wildman–Crippen MR) is 58.8 cm³/mol. The number of carboxylic acid groups (broad SMARTS) is 1. The Morgan fingerprint density at radius 1 is 1.50 bits per heavy atom. The Labute approximate surface area is 92.7 Å². The number of carbonyl (C=O) groups is 1. The van der Waals surface area contributed by atoms with Gasteiger partial charge >= 0.3 is 5.97 Å². The zero-order valence-electron chi connectivity index (χ0n) is 9.48. The fourth-order valence-corrected chi connectivity index (χ4v) is 1.94. The Morgan fingerprint density at radius 3 is 2.75 bits per heavy atom. The second-order valence-electron chi connectivity index (χ2n) is 3.72. The number of aryl methyl sites for hydroxylation is 2.